The highest BCUT2D eigenvalue weighted by molar-refractivity contribution is 9.10. The molecule has 0 aliphatic rings. The van der Waals surface area contributed by atoms with Crippen LogP contribution in [0.3, 0.4) is 0 Å². The molecule has 0 fully saturated rings. The molecule has 3 rings (SSSR count). The molecule has 0 aliphatic carbocycles. The smallest absolute Gasteiger partial charge is 0.344 e. The van der Waals surface area contributed by atoms with Crippen molar-refractivity contribution < 1.29 is 19.2 Å². The van der Waals surface area contributed by atoms with Gasteiger partial charge in [-0.2, -0.15) is 9.78 Å². The number of fused-ring (bicyclic) bond motifs is 1. The molecule has 1 heterocycles. The highest BCUT2D eigenvalue weighted by atomic mass is 79.9. The van der Waals surface area contributed by atoms with Crippen LogP contribution in [0.15, 0.2) is 50.8 Å². The predicted octanol–water partition coefficient (Wildman–Crippen LogP) is 3.84. The Labute approximate surface area is 197 Å². The van der Waals surface area contributed by atoms with Crippen molar-refractivity contribution in [3.63, 3.8) is 0 Å². The number of aromatic nitrogens is 2. The molecule has 3 aromatic rings. The first kappa shape index (κ1) is 24.1. The first-order valence-electron chi connectivity index (χ1n) is 10.1. The van der Waals surface area contributed by atoms with E-state index in [0.29, 0.717) is 28.7 Å². The van der Waals surface area contributed by atoms with Crippen LogP contribution in [-0.2, 0) is 16.0 Å². The number of carbonyl (C=O) groups is 1. The normalized spacial score (nSPS) is 11.3. The van der Waals surface area contributed by atoms with Crippen molar-refractivity contribution >= 4 is 44.7 Å². The molecule has 0 N–H and O–H groups in total. The summed E-state index contributed by atoms with van der Waals surface area (Å²) in [5.74, 6) is -0.266. The quantitative estimate of drug-likeness (QED) is 0.192. The number of nitrogens with zero attached hydrogens (tertiary/aromatic N) is 4. The number of nitro groups is 1. The fourth-order valence-corrected chi connectivity index (χ4v) is 3.34. The molecular weight excluding hydrogens is 496 g/mol. The fraction of sp³-hybridized carbons (Fsp3) is 0.273. The zero-order chi connectivity index (χ0) is 24.1. The number of aryl methyl sites for hydroxylation is 1. The van der Waals surface area contributed by atoms with Gasteiger partial charge in [0.1, 0.15) is 5.82 Å². The fourth-order valence-electron chi connectivity index (χ4n) is 2.98. The molecular formula is C22H21BrN4O6. The van der Waals surface area contributed by atoms with E-state index in [1.807, 2.05) is 6.92 Å². The van der Waals surface area contributed by atoms with E-state index < -0.39 is 17.5 Å². The van der Waals surface area contributed by atoms with E-state index in [9.17, 15) is 19.7 Å². The summed E-state index contributed by atoms with van der Waals surface area (Å²) in [5.41, 5.74) is 0.217. The highest BCUT2D eigenvalue weighted by Gasteiger charge is 2.18. The van der Waals surface area contributed by atoms with Crippen molar-refractivity contribution in [2.75, 3.05) is 6.61 Å². The van der Waals surface area contributed by atoms with Crippen LogP contribution in [-0.4, -0.2) is 39.5 Å². The highest BCUT2D eigenvalue weighted by Crippen LogP contribution is 2.27. The Bertz CT molecular complexity index is 1300. The molecule has 33 heavy (non-hydrogen) atoms. The topological polar surface area (TPSA) is 126 Å². The number of carbonyl (C=O) groups excluding carboxylic acids is 1. The van der Waals surface area contributed by atoms with Crippen molar-refractivity contribution in [1.82, 2.24) is 9.66 Å². The maximum atomic E-state index is 13.0. The Balaban J connectivity index is 1.92. The van der Waals surface area contributed by atoms with Crippen LogP contribution in [0.25, 0.3) is 10.9 Å². The number of esters is 1. The Morgan fingerprint density at radius 1 is 1.30 bits per heavy atom. The minimum absolute atomic E-state index is 0.0820. The van der Waals surface area contributed by atoms with Gasteiger partial charge in [-0.25, -0.2) is 9.78 Å². The molecule has 0 saturated heterocycles. The van der Waals surface area contributed by atoms with Gasteiger partial charge in [0, 0.05) is 22.5 Å². The molecule has 0 unspecified atom stereocenters. The average molecular weight is 517 g/mol. The average Bonchev–Trinajstić information content (AvgIpc) is 2.77. The second-order valence-electron chi connectivity index (χ2n) is 7.22. The first-order valence-corrected chi connectivity index (χ1v) is 10.8. The summed E-state index contributed by atoms with van der Waals surface area (Å²) in [7, 11) is 0. The van der Waals surface area contributed by atoms with Crippen molar-refractivity contribution in [2.24, 2.45) is 5.10 Å². The van der Waals surface area contributed by atoms with Gasteiger partial charge in [-0.05, 0) is 44.2 Å². The second kappa shape index (κ2) is 10.3. The number of ether oxygens (including phenoxy) is 2. The van der Waals surface area contributed by atoms with E-state index in [4.69, 9.17) is 9.47 Å². The number of nitro benzene ring substituents is 1. The van der Waals surface area contributed by atoms with Crippen molar-refractivity contribution in [2.45, 2.75) is 33.3 Å². The summed E-state index contributed by atoms with van der Waals surface area (Å²) >= 11 is 3.34. The summed E-state index contributed by atoms with van der Waals surface area (Å²) in [4.78, 5) is 40.0. The van der Waals surface area contributed by atoms with Crippen molar-refractivity contribution in [1.29, 1.82) is 0 Å². The zero-order valence-corrected chi connectivity index (χ0v) is 19.7. The lowest BCUT2D eigenvalue weighted by Gasteiger charge is -2.10. The molecule has 11 heteroatoms. The molecule has 2 aromatic carbocycles. The number of halogens is 1. The number of hydrogen-bond acceptors (Lipinski definition) is 8. The minimum atomic E-state index is -0.633. The SMILES string of the molecule is CCc1nc2ccc(Br)cc2c(=O)n1N=Cc1ccc(OCC(=O)OC(C)C)c([N+](=O)[O-])c1. The standard InChI is InChI=1S/C22H21BrN4O6/c1-4-20-25-17-7-6-15(23)10-16(17)22(29)26(20)24-11-14-5-8-19(18(9-14)27(30)31)32-12-21(28)33-13(2)3/h5-11,13H,4,12H2,1-3H3. The molecule has 0 spiro atoms. The Morgan fingerprint density at radius 2 is 2.06 bits per heavy atom. The lowest BCUT2D eigenvalue weighted by Crippen LogP contribution is -2.22. The van der Waals surface area contributed by atoms with Gasteiger partial charge >= 0.3 is 11.7 Å². The molecule has 0 aliphatic heterocycles. The van der Waals surface area contributed by atoms with Gasteiger partial charge in [0.2, 0.25) is 0 Å². The van der Waals surface area contributed by atoms with Gasteiger partial charge in [-0.3, -0.25) is 14.9 Å². The Morgan fingerprint density at radius 3 is 2.73 bits per heavy atom. The third kappa shape index (κ3) is 5.80. The van der Waals surface area contributed by atoms with E-state index in [1.165, 1.54) is 29.1 Å². The van der Waals surface area contributed by atoms with Gasteiger partial charge in [-0.15, -0.1) is 0 Å². The van der Waals surface area contributed by atoms with E-state index >= 15 is 0 Å². The molecule has 0 saturated carbocycles. The van der Waals surface area contributed by atoms with Crippen LogP contribution in [0.4, 0.5) is 5.69 Å². The Hall–Kier alpha value is -3.60. The molecule has 0 radical (unpaired) electrons. The maximum Gasteiger partial charge on any atom is 0.344 e. The third-order valence-corrected chi connectivity index (χ3v) is 4.90. The molecule has 10 nitrogen and oxygen atoms in total. The number of hydrogen-bond donors (Lipinski definition) is 0. The van der Waals surface area contributed by atoms with Gasteiger partial charge in [-0.1, -0.05) is 22.9 Å². The predicted molar refractivity (Wildman–Crippen MR) is 126 cm³/mol. The van der Waals surface area contributed by atoms with E-state index in [-0.39, 0.29) is 23.1 Å². The molecule has 0 amide bonds. The van der Waals surface area contributed by atoms with E-state index in [0.717, 1.165) is 4.47 Å². The monoisotopic (exact) mass is 516 g/mol. The van der Waals surface area contributed by atoms with Crippen LogP contribution in [0.5, 0.6) is 5.75 Å². The van der Waals surface area contributed by atoms with Gasteiger partial charge in [0.05, 0.1) is 28.1 Å². The first-order chi connectivity index (χ1) is 15.7. The number of rotatable bonds is 8. The largest absolute Gasteiger partial charge is 0.475 e. The van der Waals surface area contributed by atoms with Crippen LogP contribution in [0, 0.1) is 10.1 Å². The summed E-state index contributed by atoms with van der Waals surface area (Å²) in [6.45, 7) is 4.76. The maximum absolute atomic E-state index is 13.0. The Kier molecular flexibility index (Phi) is 7.54. The van der Waals surface area contributed by atoms with Crippen LogP contribution < -0.4 is 10.3 Å². The minimum Gasteiger partial charge on any atom is -0.475 e. The van der Waals surface area contributed by atoms with Gasteiger partial charge in [0.15, 0.2) is 12.4 Å². The third-order valence-electron chi connectivity index (χ3n) is 4.41. The molecule has 1 aromatic heterocycles. The molecule has 172 valence electrons. The lowest BCUT2D eigenvalue weighted by atomic mass is 10.2. The summed E-state index contributed by atoms with van der Waals surface area (Å²) < 4.78 is 12.1. The van der Waals surface area contributed by atoms with E-state index in [2.05, 4.69) is 26.0 Å². The van der Waals surface area contributed by atoms with Crippen molar-refractivity contribution in [3.8, 4) is 5.75 Å². The summed E-state index contributed by atoms with van der Waals surface area (Å²) in [6, 6.07) is 9.34. The van der Waals surface area contributed by atoms with Gasteiger partial charge < -0.3 is 9.47 Å². The lowest BCUT2D eigenvalue weighted by molar-refractivity contribution is -0.385. The van der Waals surface area contributed by atoms with Crippen LogP contribution >= 0.6 is 15.9 Å². The second-order valence-corrected chi connectivity index (χ2v) is 8.13. The van der Waals surface area contributed by atoms with Crippen molar-refractivity contribution in [3.05, 3.63) is 72.7 Å². The van der Waals surface area contributed by atoms with Crippen LogP contribution in [0.1, 0.15) is 32.2 Å². The van der Waals surface area contributed by atoms with Gasteiger partial charge in [0.25, 0.3) is 5.56 Å². The number of benzene rings is 2. The molecule has 0 atom stereocenters. The van der Waals surface area contributed by atoms with E-state index in [1.54, 1.807) is 32.0 Å². The molecule has 0 bridgehead atoms. The van der Waals surface area contributed by atoms with Crippen LogP contribution in [0.2, 0.25) is 0 Å². The summed E-state index contributed by atoms with van der Waals surface area (Å²) in [5, 5.41) is 16.1. The zero-order valence-electron chi connectivity index (χ0n) is 18.1. The summed E-state index contributed by atoms with van der Waals surface area (Å²) in [6.07, 6.45) is 1.46.